The number of carbonyl (C=O) groups excluding carboxylic acids is 1. The summed E-state index contributed by atoms with van der Waals surface area (Å²) >= 11 is 5.68. The van der Waals surface area contributed by atoms with Crippen LogP contribution in [0.15, 0.2) is 30.6 Å². The van der Waals surface area contributed by atoms with Gasteiger partial charge in [-0.1, -0.05) is 11.6 Å². The first-order chi connectivity index (χ1) is 6.79. The van der Waals surface area contributed by atoms with Gasteiger partial charge in [0.05, 0.1) is 5.02 Å². The molecule has 0 unspecified atom stereocenters. The van der Waals surface area contributed by atoms with E-state index >= 15 is 0 Å². The minimum absolute atomic E-state index is 0.377. The lowest BCUT2D eigenvalue weighted by molar-refractivity contribution is 0.111. The zero-order valence-corrected chi connectivity index (χ0v) is 7.85. The zero-order valence-electron chi connectivity index (χ0n) is 7.09. The van der Waals surface area contributed by atoms with E-state index in [9.17, 15) is 4.79 Å². The Kier molecular flexibility index (Phi) is 2.28. The molecule has 2 aromatic rings. The Labute approximate surface area is 85.1 Å². The Hall–Kier alpha value is -1.68. The smallest absolute Gasteiger partial charge is 0.170 e. The molecule has 2 heterocycles. The molecule has 0 spiro atoms. The standard InChI is InChI=1S/C9H6ClN3O/c10-7-1-2-9(11-5-7)13-4-3-8(6-14)12-13/h1-6H. The molecule has 0 aliphatic heterocycles. The summed E-state index contributed by atoms with van der Waals surface area (Å²) in [5.74, 6) is 0.627. The summed E-state index contributed by atoms with van der Waals surface area (Å²) in [6.45, 7) is 0. The molecule has 0 N–H and O–H groups in total. The predicted molar refractivity (Wildman–Crippen MR) is 51.8 cm³/mol. The minimum Gasteiger partial charge on any atom is -0.296 e. The molecule has 0 aromatic carbocycles. The van der Waals surface area contributed by atoms with Crippen molar-refractivity contribution >= 4 is 17.9 Å². The van der Waals surface area contributed by atoms with Crippen molar-refractivity contribution in [1.82, 2.24) is 14.8 Å². The monoisotopic (exact) mass is 207 g/mol. The van der Waals surface area contributed by atoms with Crippen LogP contribution in [0.2, 0.25) is 5.02 Å². The molecule has 0 saturated heterocycles. The topological polar surface area (TPSA) is 47.8 Å². The van der Waals surface area contributed by atoms with Gasteiger partial charge in [0.25, 0.3) is 0 Å². The van der Waals surface area contributed by atoms with E-state index in [2.05, 4.69) is 10.1 Å². The van der Waals surface area contributed by atoms with Crippen LogP contribution < -0.4 is 0 Å². The van der Waals surface area contributed by atoms with E-state index in [1.807, 2.05) is 0 Å². The highest BCUT2D eigenvalue weighted by Crippen LogP contribution is 2.09. The van der Waals surface area contributed by atoms with Gasteiger partial charge < -0.3 is 0 Å². The first-order valence-corrected chi connectivity index (χ1v) is 4.30. The fourth-order valence-electron chi connectivity index (χ4n) is 1.03. The Morgan fingerprint density at radius 1 is 1.36 bits per heavy atom. The van der Waals surface area contributed by atoms with Crippen molar-refractivity contribution in [1.29, 1.82) is 0 Å². The molecule has 0 bridgehead atoms. The highest BCUT2D eigenvalue weighted by atomic mass is 35.5. The van der Waals surface area contributed by atoms with Crippen molar-refractivity contribution in [2.75, 3.05) is 0 Å². The third-order valence-electron chi connectivity index (χ3n) is 1.68. The molecule has 4 nitrogen and oxygen atoms in total. The van der Waals surface area contributed by atoms with Crippen molar-refractivity contribution in [3.63, 3.8) is 0 Å². The Balaban J connectivity index is 2.39. The van der Waals surface area contributed by atoms with Crippen molar-refractivity contribution in [2.24, 2.45) is 0 Å². The van der Waals surface area contributed by atoms with Gasteiger partial charge in [-0.2, -0.15) is 5.10 Å². The van der Waals surface area contributed by atoms with E-state index in [1.54, 1.807) is 24.4 Å². The molecule has 0 aliphatic carbocycles. The van der Waals surface area contributed by atoms with Gasteiger partial charge in [0.1, 0.15) is 5.69 Å². The number of hydrogen-bond donors (Lipinski definition) is 0. The number of nitrogens with zero attached hydrogens (tertiary/aromatic N) is 3. The fourth-order valence-corrected chi connectivity index (χ4v) is 1.14. The van der Waals surface area contributed by atoms with Crippen LogP contribution in [-0.2, 0) is 0 Å². The number of hydrogen-bond acceptors (Lipinski definition) is 3. The normalized spacial score (nSPS) is 10.1. The molecule has 0 aliphatic rings. The van der Waals surface area contributed by atoms with E-state index in [4.69, 9.17) is 11.6 Å². The van der Waals surface area contributed by atoms with Crippen LogP contribution in [0.3, 0.4) is 0 Å². The fraction of sp³-hybridized carbons (Fsp3) is 0. The maximum Gasteiger partial charge on any atom is 0.170 e. The van der Waals surface area contributed by atoms with Crippen molar-refractivity contribution in [2.45, 2.75) is 0 Å². The lowest BCUT2D eigenvalue weighted by Crippen LogP contribution is -1.98. The molecule has 0 radical (unpaired) electrons. The largest absolute Gasteiger partial charge is 0.296 e. The van der Waals surface area contributed by atoms with E-state index < -0.39 is 0 Å². The lowest BCUT2D eigenvalue weighted by Gasteiger charge is -1.98. The molecular weight excluding hydrogens is 202 g/mol. The summed E-state index contributed by atoms with van der Waals surface area (Å²) in [5.41, 5.74) is 0.377. The molecule has 0 saturated carbocycles. The molecule has 2 rings (SSSR count). The first kappa shape index (κ1) is 8.90. The maximum atomic E-state index is 10.4. The van der Waals surface area contributed by atoms with Gasteiger partial charge in [-0.05, 0) is 18.2 Å². The quantitative estimate of drug-likeness (QED) is 0.705. The number of aromatic nitrogens is 3. The molecule has 0 amide bonds. The van der Waals surface area contributed by atoms with Gasteiger partial charge >= 0.3 is 0 Å². The van der Waals surface area contributed by atoms with Crippen molar-refractivity contribution in [3.8, 4) is 5.82 Å². The summed E-state index contributed by atoms with van der Waals surface area (Å²) in [4.78, 5) is 14.4. The van der Waals surface area contributed by atoms with Crippen LogP contribution in [-0.4, -0.2) is 21.1 Å². The minimum atomic E-state index is 0.377. The summed E-state index contributed by atoms with van der Waals surface area (Å²) in [7, 11) is 0. The highest BCUT2D eigenvalue weighted by molar-refractivity contribution is 6.30. The second-order valence-electron chi connectivity index (χ2n) is 2.64. The maximum absolute atomic E-state index is 10.4. The van der Waals surface area contributed by atoms with Crippen LogP contribution in [0, 0.1) is 0 Å². The molecule has 5 heteroatoms. The lowest BCUT2D eigenvalue weighted by atomic mass is 10.4. The highest BCUT2D eigenvalue weighted by Gasteiger charge is 2.00. The number of carbonyl (C=O) groups is 1. The van der Waals surface area contributed by atoms with E-state index in [1.165, 1.54) is 10.9 Å². The van der Waals surface area contributed by atoms with Crippen molar-refractivity contribution in [3.05, 3.63) is 41.3 Å². The number of halogens is 1. The van der Waals surface area contributed by atoms with Gasteiger partial charge in [0, 0.05) is 12.4 Å². The third-order valence-corrected chi connectivity index (χ3v) is 1.90. The molecule has 14 heavy (non-hydrogen) atoms. The van der Waals surface area contributed by atoms with Gasteiger partial charge in [-0.25, -0.2) is 9.67 Å². The van der Waals surface area contributed by atoms with E-state index in [-0.39, 0.29) is 0 Å². The van der Waals surface area contributed by atoms with E-state index in [0.29, 0.717) is 22.8 Å². The summed E-state index contributed by atoms with van der Waals surface area (Å²) in [6.07, 6.45) is 3.88. The number of pyridine rings is 1. The Morgan fingerprint density at radius 3 is 2.79 bits per heavy atom. The summed E-state index contributed by atoms with van der Waals surface area (Å²) in [6, 6.07) is 5.05. The summed E-state index contributed by atoms with van der Waals surface area (Å²) < 4.78 is 1.51. The Bertz CT molecular complexity index is 449. The second-order valence-corrected chi connectivity index (χ2v) is 3.07. The summed E-state index contributed by atoms with van der Waals surface area (Å²) in [5, 5.41) is 4.54. The Morgan fingerprint density at radius 2 is 2.21 bits per heavy atom. The van der Waals surface area contributed by atoms with Gasteiger partial charge in [0.2, 0.25) is 0 Å². The van der Waals surface area contributed by atoms with Crippen LogP contribution in [0.1, 0.15) is 10.5 Å². The average molecular weight is 208 g/mol. The van der Waals surface area contributed by atoms with Crippen LogP contribution in [0.4, 0.5) is 0 Å². The predicted octanol–water partition coefficient (Wildman–Crippen LogP) is 1.73. The van der Waals surface area contributed by atoms with Crippen molar-refractivity contribution < 1.29 is 4.79 Å². The first-order valence-electron chi connectivity index (χ1n) is 3.92. The average Bonchev–Trinajstić information content (AvgIpc) is 2.67. The third kappa shape index (κ3) is 1.65. The second kappa shape index (κ2) is 3.59. The van der Waals surface area contributed by atoms with Crippen LogP contribution in [0.25, 0.3) is 5.82 Å². The zero-order chi connectivity index (χ0) is 9.97. The van der Waals surface area contributed by atoms with Gasteiger partial charge in [-0.3, -0.25) is 4.79 Å². The molecule has 0 atom stereocenters. The van der Waals surface area contributed by atoms with Crippen LogP contribution >= 0.6 is 11.6 Å². The number of rotatable bonds is 2. The van der Waals surface area contributed by atoms with Crippen LogP contribution in [0.5, 0.6) is 0 Å². The SMILES string of the molecule is O=Cc1ccn(-c2ccc(Cl)cn2)n1. The molecular formula is C9H6ClN3O. The van der Waals surface area contributed by atoms with E-state index in [0.717, 1.165) is 0 Å². The molecule has 70 valence electrons. The van der Waals surface area contributed by atoms with Gasteiger partial charge in [-0.15, -0.1) is 0 Å². The molecule has 2 aromatic heterocycles. The number of aldehydes is 1. The molecule has 0 fully saturated rings. The van der Waals surface area contributed by atoms with Gasteiger partial charge in [0.15, 0.2) is 12.1 Å².